The van der Waals surface area contributed by atoms with Crippen molar-refractivity contribution in [2.45, 2.75) is 27.7 Å². The monoisotopic (exact) mass is 642 g/mol. The van der Waals surface area contributed by atoms with Gasteiger partial charge in [0.05, 0.1) is 0 Å². The fourth-order valence-electron chi connectivity index (χ4n) is 5.26. The van der Waals surface area contributed by atoms with E-state index in [1.54, 1.807) is 0 Å². The molecule has 0 N–H and O–H groups in total. The Hall–Kier alpha value is -3.75. The molecule has 0 fully saturated rings. The molecule has 0 bridgehead atoms. The van der Waals surface area contributed by atoms with Crippen LogP contribution in [0.1, 0.15) is 32.6 Å². The third-order valence-electron chi connectivity index (χ3n) is 7.53. The van der Waals surface area contributed by atoms with Crippen LogP contribution in [0.3, 0.4) is 0 Å². The van der Waals surface area contributed by atoms with Gasteiger partial charge in [-0.2, -0.15) is 0 Å². The van der Waals surface area contributed by atoms with Crippen LogP contribution in [-0.2, 0) is 3.02 Å². The van der Waals surface area contributed by atoms with Crippen molar-refractivity contribution in [2.75, 3.05) is 0 Å². The minimum absolute atomic E-state index is 0.0458. The van der Waals surface area contributed by atoms with Crippen molar-refractivity contribution in [1.82, 2.24) is 0 Å². The summed E-state index contributed by atoms with van der Waals surface area (Å²) >= 11 is -5.56. The van der Waals surface area contributed by atoms with Gasteiger partial charge in [0.1, 0.15) is 0 Å². The van der Waals surface area contributed by atoms with Gasteiger partial charge in [-0.3, -0.25) is 0 Å². The summed E-state index contributed by atoms with van der Waals surface area (Å²) in [6.07, 6.45) is 0. The molecule has 0 amide bonds. The third kappa shape index (κ3) is 4.55. The first-order valence-electron chi connectivity index (χ1n) is 13.1. The predicted octanol–water partition coefficient (Wildman–Crippen LogP) is 5.88. The van der Waals surface area contributed by atoms with Crippen molar-refractivity contribution >= 4 is 37.8 Å². The SMILES string of the molecule is Cc1cc[c]([Sb]([O]C(=O)c2ccc(F)c(F)c2)([c]2ccc(C)cc2)([c]2ccc(C)cc2)[c]2ccc(C)cc2)cc1. The molecule has 0 aliphatic rings. The van der Waals surface area contributed by atoms with Gasteiger partial charge in [0.15, 0.2) is 0 Å². The second-order valence-electron chi connectivity index (χ2n) is 10.4. The second-order valence-corrected chi connectivity index (χ2v) is 22.7. The van der Waals surface area contributed by atoms with Crippen molar-refractivity contribution in [3.8, 4) is 0 Å². The maximum absolute atomic E-state index is 14.4. The number of hydrogen-bond acceptors (Lipinski definition) is 2. The van der Waals surface area contributed by atoms with E-state index in [-0.39, 0.29) is 5.56 Å². The van der Waals surface area contributed by atoms with Crippen LogP contribution >= 0.6 is 0 Å². The average molecular weight is 643 g/mol. The molecule has 40 heavy (non-hydrogen) atoms. The van der Waals surface area contributed by atoms with Gasteiger partial charge >= 0.3 is 237 Å². The molecule has 5 rings (SSSR count). The molecule has 0 aliphatic carbocycles. The Morgan fingerprint density at radius 1 is 0.500 bits per heavy atom. The average Bonchev–Trinajstić information content (AvgIpc) is 2.95. The number of carbonyl (C=O) groups excluding carboxylic acids is 1. The second kappa shape index (κ2) is 10.7. The topological polar surface area (TPSA) is 26.3 Å². The van der Waals surface area contributed by atoms with Crippen LogP contribution in [0.5, 0.6) is 0 Å². The van der Waals surface area contributed by atoms with Gasteiger partial charge in [-0.15, -0.1) is 0 Å². The van der Waals surface area contributed by atoms with Gasteiger partial charge in [-0.25, -0.2) is 0 Å². The molecule has 0 saturated heterocycles. The fraction of sp³-hybridized carbons (Fsp3) is 0.114. The molecule has 0 saturated carbocycles. The summed E-state index contributed by atoms with van der Waals surface area (Å²) in [7, 11) is 0. The van der Waals surface area contributed by atoms with Crippen LogP contribution in [0.25, 0.3) is 0 Å². The molecule has 202 valence electrons. The van der Waals surface area contributed by atoms with Crippen LogP contribution in [0.2, 0.25) is 0 Å². The van der Waals surface area contributed by atoms with E-state index in [0.29, 0.717) is 0 Å². The van der Waals surface area contributed by atoms with Crippen molar-refractivity contribution < 1.29 is 16.6 Å². The Balaban J connectivity index is 1.99. The van der Waals surface area contributed by atoms with E-state index in [1.165, 1.54) is 6.07 Å². The summed E-state index contributed by atoms with van der Waals surface area (Å²) in [5.41, 5.74) is 4.24. The first kappa shape index (κ1) is 27.8. The Morgan fingerprint density at radius 2 is 0.825 bits per heavy atom. The Labute approximate surface area is 235 Å². The molecule has 0 aliphatic heterocycles. The normalized spacial score (nSPS) is 12.4. The van der Waals surface area contributed by atoms with E-state index < -0.39 is 35.4 Å². The van der Waals surface area contributed by atoms with Crippen LogP contribution in [0.15, 0.2) is 115 Å². The van der Waals surface area contributed by atoms with Crippen molar-refractivity contribution in [3.05, 3.63) is 155 Å². The van der Waals surface area contributed by atoms with Crippen molar-refractivity contribution in [3.63, 3.8) is 0 Å². The standard InChI is InChI=1S/C7H4F2O2.4C7H7.Sb/c8-5-2-1-4(7(10)11)3-6(5)9;4*1-7-5-3-2-4-6-7;/h1-3H,(H,10,11);4*3-6H,1H3;/q;;;;;+1/p-1. The van der Waals surface area contributed by atoms with E-state index >= 15 is 0 Å². The summed E-state index contributed by atoms with van der Waals surface area (Å²) in [4.78, 5) is 14.2. The van der Waals surface area contributed by atoms with Crippen LogP contribution in [0, 0.1) is 39.3 Å². The molecule has 0 heterocycles. The van der Waals surface area contributed by atoms with E-state index in [9.17, 15) is 13.6 Å². The van der Waals surface area contributed by atoms with Gasteiger partial charge in [-0.05, 0) is 0 Å². The molecule has 0 unspecified atom stereocenters. The summed E-state index contributed by atoms with van der Waals surface area (Å²) in [5.74, 6) is -2.82. The molecule has 0 atom stereocenters. The first-order chi connectivity index (χ1) is 19.1. The first-order valence-corrected chi connectivity index (χ1v) is 19.3. The predicted molar refractivity (Wildman–Crippen MR) is 161 cm³/mol. The summed E-state index contributed by atoms with van der Waals surface area (Å²) in [5, 5.41) is 0. The molecule has 2 nitrogen and oxygen atoms in total. The zero-order valence-electron chi connectivity index (χ0n) is 23.0. The van der Waals surface area contributed by atoms with Crippen molar-refractivity contribution in [2.24, 2.45) is 0 Å². The minimum atomic E-state index is -5.56. The molecule has 5 aromatic carbocycles. The van der Waals surface area contributed by atoms with Crippen LogP contribution < -0.4 is 14.0 Å². The summed E-state index contributed by atoms with van der Waals surface area (Å²) < 4.78 is 38.9. The van der Waals surface area contributed by atoms with E-state index in [0.717, 1.165) is 48.4 Å². The zero-order valence-corrected chi connectivity index (χ0v) is 25.5. The van der Waals surface area contributed by atoms with Crippen molar-refractivity contribution in [1.29, 1.82) is 0 Å². The summed E-state index contributed by atoms with van der Waals surface area (Å²) in [6, 6.07) is 35.8. The summed E-state index contributed by atoms with van der Waals surface area (Å²) in [6.45, 7) is 8.07. The van der Waals surface area contributed by atoms with E-state index in [4.69, 9.17) is 3.02 Å². The fourth-order valence-corrected chi connectivity index (χ4v) is 21.0. The maximum atomic E-state index is 14.4. The van der Waals surface area contributed by atoms with Crippen LogP contribution in [-0.4, -0.2) is 23.8 Å². The number of hydrogen-bond donors (Lipinski definition) is 0. The molecular weight excluding hydrogens is 612 g/mol. The number of rotatable bonds is 6. The Kier molecular flexibility index (Phi) is 7.42. The molecule has 0 radical (unpaired) electrons. The van der Waals surface area contributed by atoms with Gasteiger partial charge in [-0.1, -0.05) is 0 Å². The Morgan fingerprint density at radius 3 is 1.12 bits per heavy atom. The van der Waals surface area contributed by atoms with E-state index in [2.05, 4.69) is 48.5 Å². The van der Waals surface area contributed by atoms with Gasteiger partial charge in [0.25, 0.3) is 0 Å². The zero-order chi connectivity index (χ0) is 28.5. The number of benzene rings is 5. The van der Waals surface area contributed by atoms with Gasteiger partial charge in [0, 0.05) is 0 Å². The quantitative estimate of drug-likeness (QED) is 0.216. The van der Waals surface area contributed by atoms with E-state index in [1.807, 2.05) is 76.2 Å². The van der Waals surface area contributed by atoms with Crippen LogP contribution in [0.4, 0.5) is 8.78 Å². The molecule has 0 spiro atoms. The molecule has 5 aromatic rings. The number of halogens is 2. The Bertz CT molecular complexity index is 1480. The number of aryl methyl sites for hydroxylation is 4. The molecular formula is C35H31F2O2Sb. The third-order valence-corrected chi connectivity index (χ3v) is 23.7. The van der Waals surface area contributed by atoms with Gasteiger partial charge < -0.3 is 0 Å². The molecule has 0 aromatic heterocycles. The number of carbonyl (C=O) groups is 1. The molecule has 5 heteroatoms. The van der Waals surface area contributed by atoms with Gasteiger partial charge in [0.2, 0.25) is 0 Å².